The molecule has 0 aliphatic carbocycles. The summed E-state index contributed by atoms with van der Waals surface area (Å²) in [6.07, 6.45) is -1.29. The van der Waals surface area contributed by atoms with Gasteiger partial charge in [-0.05, 0) is 14.1 Å². The molecule has 0 aliphatic rings. The highest BCUT2D eigenvalue weighted by Crippen LogP contribution is 1.84. The highest BCUT2D eigenvalue weighted by molar-refractivity contribution is 4.67. The van der Waals surface area contributed by atoms with E-state index in [1.165, 1.54) is 0 Å². The molecule has 0 amide bonds. The van der Waals surface area contributed by atoms with E-state index in [0.717, 1.165) is 0 Å². The van der Waals surface area contributed by atoms with Gasteiger partial charge in [0.2, 0.25) is 0 Å². The number of likely N-dealkylation sites (N-methyl/N-ethyl adjacent to an activating group) is 2. The molecule has 4 N–H and O–H groups in total. The van der Waals surface area contributed by atoms with Crippen molar-refractivity contribution in [1.82, 2.24) is 10.6 Å². The van der Waals surface area contributed by atoms with Gasteiger partial charge in [-0.3, -0.25) is 0 Å². The summed E-state index contributed by atoms with van der Waals surface area (Å²) in [5.74, 6) is 0. The minimum absolute atomic E-state index is 0.282. The smallest absolute Gasteiger partial charge is 0.168 e. The van der Waals surface area contributed by atoms with Crippen LogP contribution in [-0.2, 0) is 0 Å². The van der Waals surface area contributed by atoms with Crippen LogP contribution in [-0.4, -0.2) is 43.2 Å². The lowest BCUT2D eigenvalue weighted by Gasteiger charge is -2.16. The van der Waals surface area contributed by atoms with Crippen molar-refractivity contribution >= 4 is 0 Å². The molecular formula is C5H14N2O2. The molecule has 0 saturated carbocycles. The SMILES string of the molecule is CNCC(NC)C(O)O. The lowest BCUT2D eigenvalue weighted by molar-refractivity contribution is -0.0642. The van der Waals surface area contributed by atoms with E-state index in [1.807, 2.05) is 0 Å². The van der Waals surface area contributed by atoms with Crippen LogP contribution in [0.4, 0.5) is 0 Å². The summed E-state index contributed by atoms with van der Waals surface area (Å²) in [7, 11) is 3.44. The van der Waals surface area contributed by atoms with Gasteiger partial charge < -0.3 is 20.8 Å². The van der Waals surface area contributed by atoms with Crippen molar-refractivity contribution < 1.29 is 10.2 Å². The number of nitrogens with one attached hydrogen (secondary N) is 2. The van der Waals surface area contributed by atoms with Gasteiger partial charge in [0.1, 0.15) is 0 Å². The van der Waals surface area contributed by atoms with Crippen molar-refractivity contribution in [1.29, 1.82) is 0 Å². The summed E-state index contributed by atoms with van der Waals surface area (Å²) in [6, 6.07) is -0.282. The van der Waals surface area contributed by atoms with Crippen LogP contribution >= 0.6 is 0 Å². The number of hydrogen-bond acceptors (Lipinski definition) is 4. The molecule has 4 heteroatoms. The minimum Gasteiger partial charge on any atom is -0.367 e. The van der Waals surface area contributed by atoms with E-state index >= 15 is 0 Å². The van der Waals surface area contributed by atoms with E-state index in [-0.39, 0.29) is 6.04 Å². The Bertz CT molecular complexity index is 68.0. The normalized spacial score (nSPS) is 14.3. The molecule has 0 aromatic carbocycles. The summed E-state index contributed by atoms with van der Waals surface area (Å²) in [4.78, 5) is 0. The van der Waals surface area contributed by atoms with Crippen molar-refractivity contribution in [3.8, 4) is 0 Å². The standard InChI is InChI=1S/C5H14N2O2/c1-6-3-4(7-2)5(8)9/h4-9H,3H2,1-2H3. The molecular weight excluding hydrogens is 120 g/mol. The van der Waals surface area contributed by atoms with Crippen LogP contribution in [0.1, 0.15) is 0 Å². The Kier molecular flexibility index (Phi) is 4.61. The van der Waals surface area contributed by atoms with Crippen LogP contribution in [0.25, 0.3) is 0 Å². The Morgan fingerprint density at radius 3 is 2.00 bits per heavy atom. The number of aliphatic hydroxyl groups excluding tert-OH is 1. The van der Waals surface area contributed by atoms with Crippen molar-refractivity contribution in [2.24, 2.45) is 0 Å². The lowest BCUT2D eigenvalue weighted by Crippen LogP contribution is -2.44. The molecule has 4 nitrogen and oxygen atoms in total. The van der Waals surface area contributed by atoms with Gasteiger partial charge in [-0.25, -0.2) is 0 Å². The maximum absolute atomic E-state index is 8.60. The summed E-state index contributed by atoms with van der Waals surface area (Å²) < 4.78 is 0. The molecule has 0 fully saturated rings. The van der Waals surface area contributed by atoms with Crippen LogP contribution in [0.15, 0.2) is 0 Å². The Morgan fingerprint density at radius 2 is 1.89 bits per heavy atom. The Morgan fingerprint density at radius 1 is 1.33 bits per heavy atom. The first-order chi connectivity index (χ1) is 4.22. The van der Waals surface area contributed by atoms with E-state index in [2.05, 4.69) is 10.6 Å². The predicted octanol–water partition coefficient (Wildman–Crippen LogP) is -1.90. The topological polar surface area (TPSA) is 64.5 Å². The number of hydrogen-bond donors (Lipinski definition) is 4. The third-order valence-corrected chi connectivity index (χ3v) is 1.15. The zero-order valence-electron chi connectivity index (χ0n) is 5.76. The van der Waals surface area contributed by atoms with Crippen molar-refractivity contribution in [2.75, 3.05) is 20.6 Å². The first-order valence-electron chi connectivity index (χ1n) is 2.90. The second-order valence-electron chi connectivity index (χ2n) is 1.87. The summed E-state index contributed by atoms with van der Waals surface area (Å²) in [5, 5.41) is 22.8. The quantitative estimate of drug-likeness (QED) is 0.339. The molecule has 0 aliphatic heterocycles. The van der Waals surface area contributed by atoms with Crippen molar-refractivity contribution in [2.45, 2.75) is 12.3 Å². The maximum atomic E-state index is 8.60. The second-order valence-corrected chi connectivity index (χ2v) is 1.87. The van der Waals surface area contributed by atoms with E-state index in [9.17, 15) is 0 Å². The van der Waals surface area contributed by atoms with E-state index in [0.29, 0.717) is 6.54 Å². The Hall–Kier alpha value is -0.160. The van der Waals surface area contributed by atoms with E-state index in [1.54, 1.807) is 14.1 Å². The largest absolute Gasteiger partial charge is 0.367 e. The van der Waals surface area contributed by atoms with Crippen LogP contribution in [0.5, 0.6) is 0 Å². The average molecular weight is 134 g/mol. The molecule has 0 aromatic heterocycles. The molecule has 0 rings (SSSR count). The average Bonchev–Trinajstić information content (AvgIpc) is 1.82. The maximum Gasteiger partial charge on any atom is 0.168 e. The van der Waals surface area contributed by atoms with Crippen molar-refractivity contribution in [3.63, 3.8) is 0 Å². The van der Waals surface area contributed by atoms with Crippen LogP contribution in [0.2, 0.25) is 0 Å². The van der Waals surface area contributed by atoms with Crippen LogP contribution in [0.3, 0.4) is 0 Å². The van der Waals surface area contributed by atoms with Gasteiger partial charge in [0.25, 0.3) is 0 Å². The van der Waals surface area contributed by atoms with Gasteiger partial charge in [0, 0.05) is 6.54 Å². The molecule has 0 aromatic rings. The van der Waals surface area contributed by atoms with Gasteiger partial charge in [-0.1, -0.05) is 0 Å². The second kappa shape index (κ2) is 4.69. The summed E-state index contributed by atoms with van der Waals surface area (Å²) >= 11 is 0. The third kappa shape index (κ3) is 3.42. The molecule has 0 heterocycles. The third-order valence-electron chi connectivity index (χ3n) is 1.15. The zero-order chi connectivity index (χ0) is 7.28. The highest BCUT2D eigenvalue weighted by atomic mass is 16.5. The first-order valence-corrected chi connectivity index (χ1v) is 2.90. The Labute approximate surface area is 54.9 Å². The summed E-state index contributed by atoms with van der Waals surface area (Å²) in [6.45, 7) is 0.550. The van der Waals surface area contributed by atoms with E-state index < -0.39 is 6.29 Å². The summed E-state index contributed by atoms with van der Waals surface area (Å²) in [5.41, 5.74) is 0. The molecule has 9 heavy (non-hydrogen) atoms. The monoisotopic (exact) mass is 134 g/mol. The van der Waals surface area contributed by atoms with Gasteiger partial charge in [0.05, 0.1) is 6.04 Å². The number of rotatable bonds is 4. The van der Waals surface area contributed by atoms with Gasteiger partial charge in [0.15, 0.2) is 6.29 Å². The first kappa shape index (κ1) is 8.84. The number of aliphatic hydroxyl groups is 2. The molecule has 56 valence electrons. The van der Waals surface area contributed by atoms with Gasteiger partial charge in [-0.2, -0.15) is 0 Å². The molecule has 0 saturated heterocycles. The fourth-order valence-corrected chi connectivity index (χ4v) is 0.576. The van der Waals surface area contributed by atoms with Crippen molar-refractivity contribution in [3.05, 3.63) is 0 Å². The lowest BCUT2D eigenvalue weighted by atomic mass is 10.3. The fourth-order valence-electron chi connectivity index (χ4n) is 0.576. The van der Waals surface area contributed by atoms with E-state index in [4.69, 9.17) is 10.2 Å². The molecule has 1 unspecified atom stereocenters. The highest BCUT2D eigenvalue weighted by Gasteiger charge is 2.11. The van der Waals surface area contributed by atoms with Crippen LogP contribution < -0.4 is 10.6 Å². The fraction of sp³-hybridized carbons (Fsp3) is 1.00. The molecule has 0 spiro atoms. The minimum atomic E-state index is -1.29. The Balaban J connectivity index is 3.41. The van der Waals surface area contributed by atoms with Gasteiger partial charge >= 0.3 is 0 Å². The predicted molar refractivity (Wildman–Crippen MR) is 35.0 cm³/mol. The molecule has 1 atom stereocenters. The van der Waals surface area contributed by atoms with Crippen LogP contribution in [0, 0.1) is 0 Å². The zero-order valence-corrected chi connectivity index (χ0v) is 5.76. The molecule has 0 bridgehead atoms. The molecule has 0 radical (unpaired) electrons. The van der Waals surface area contributed by atoms with Gasteiger partial charge in [-0.15, -0.1) is 0 Å².